The first-order valence-corrected chi connectivity index (χ1v) is 16.8. The fourth-order valence-electron chi connectivity index (χ4n) is 12.5. The summed E-state index contributed by atoms with van der Waals surface area (Å²) < 4.78 is 11.3. The molecule has 3 fully saturated rings. The normalized spacial score (nSPS) is 43.6. The van der Waals surface area contributed by atoms with Crippen LogP contribution in [0, 0.1) is 51.2 Å². The van der Waals surface area contributed by atoms with Gasteiger partial charge in [0, 0.05) is 22.0 Å². The van der Waals surface area contributed by atoms with E-state index >= 15 is 0 Å². The number of hydrogen-bond donors (Lipinski definition) is 1. The highest BCUT2D eigenvalue weighted by Gasteiger charge is 2.69. The molecule has 2 aromatic rings. The molecule has 0 bridgehead atoms. The van der Waals surface area contributed by atoms with Crippen molar-refractivity contribution in [2.75, 3.05) is 14.2 Å². The smallest absolute Gasteiger partial charge is 0.312 e. The second-order valence-electron chi connectivity index (χ2n) is 16.6. The number of ether oxygens (including phenoxy) is 2. The Balaban J connectivity index is 1.36. The largest absolute Gasteiger partial charge is 0.497 e. The molecule has 0 unspecified atom stereocenters. The molecule has 3 saturated carbocycles. The van der Waals surface area contributed by atoms with Crippen LogP contribution in [0.3, 0.4) is 0 Å². The maximum Gasteiger partial charge on any atom is 0.312 e. The van der Waals surface area contributed by atoms with Gasteiger partial charge < -0.3 is 14.5 Å². The third kappa shape index (κ3) is 3.28. The van der Waals surface area contributed by atoms with Crippen molar-refractivity contribution in [2.45, 2.75) is 105 Å². The fourth-order valence-corrected chi connectivity index (χ4v) is 12.5. The summed E-state index contributed by atoms with van der Waals surface area (Å²) in [6, 6.07) is 6.55. The Kier molecular flexibility index (Phi) is 6.06. The van der Waals surface area contributed by atoms with Crippen LogP contribution in [0.1, 0.15) is 105 Å². The zero-order chi connectivity index (χ0) is 30.0. The van der Waals surface area contributed by atoms with Gasteiger partial charge in [-0.05, 0) is 121 Å². The van der Waals surface area contributed by atoms with Gasteiger partial charge in [0.2, 0.25) is 0 Å². The minimum absolute atomic E-state index is 0.0495. The summed E-state index contributed by atoms with van der Waals surface area (Å²) in [6.07, 6.45) is 11.6. The summed E-state index contributed by atoms with van der Waals surface area (Å²) in [5.41, 5.74) is 6.03. The van der Waals surface area contributed by atoms with E-state index in [1.54, 1.807) is 19.8 Å². The summed E-state index contributed by atoms with van der Waals surface area (Å²) in [5, 5.41) is 1.34. The monoisotopic (exact) mass is 571 g/mol. The van der Waals surface area contributed by atoms with Crippen LogP contribution in [-0.2, 0) is 21.4 Å². The van der Waals surface area contributed by atoms with Crippen LogP contribution in [0.4, 0.5) is 0 Å². The Hall–Kier alpha value is -2.23. The van der Waals surface area contributed by atoms with E-state index in [1.807, 2.05) is 0 Å². The Bertz CT molecular complexity index is 1480. The number of allylic oxidation sites excluding steroid dienone is 2. The number of aromatic amines is 1. The van der Waals surface area contributed by atoms with E-state index in [0.717, 1.165) is 44.3 Å². The molecular weight excluding hydrogens is 518 g/mol. The minimum atomic E-state index is -0.346. The van der Waals surface area contributed by atoms with E-state index in [9.17, 15) is 4.79 Å². The molecule has 42 heavy (non-hydrogen) atoms. The number of esters is 1. The van der Waals surface area contributed by atoms with E-state index in [0.29, 0.717) is 29.6 Å². The van der Waals surface area contributed by atoms with Crippen molar-refractivity contribution in [3.8, 4) is 5.75 Å². The molecule has 0 aliphatic heterocycles. The highest BCUT2D eigenvalue weighted by Crippen LogP contribution is 2.75. The SMILES string of the molecule is COC(=O)[C@]12CC[C@@H](C)[C@H](C)[C@H]1C1=CC[C@@H]3[C@@]4(C)Cc5c([nH]c6ccc(OC)cc56)C(C)(C)[C@@H]4CC[C@@]3(C)[C@]1(C)CC2. The van der Waals surface area contributed by atoms with Crippen LogP contribution < -0.4 is 4.74 Å². The number of aromatic nitrogens is 1. The van der Waals surface area contributed by atoms with Gasteiger partial charge >= 0.3 is 5.97 Å². The number of benzene rings is 1. The molecule has 0 spiro atoms. The van der Waals surface area contributed by atoms with Crippen molar-refractivity contribution in [3.63, 3.8) is 0 Å². The molecule has 1 aromatic carbocycles. The van der Waals surface area contributed by atoms with Gasteiger partial charge in [0.25, 0.3) is 0 Å². The quantitative estimate of drug-likeness (QED) is 0.289. The molecule has 4 nitrogen and oxygen atoms in total. The Labute approximate surface area is 253 Å². The summed E-state index contributed by atoms with van der Waals surface area (Å²) >= 11 is 0. The topological polar surface area (TPSA) is 51.3 Å². The van der Waals surface area contributed by atoms with Crippen molar-refractivity contribution in [3.05, 3.63) is 41.1 Å². The maximum absolute atomic E-state index is 13.6. The Morgan fingerprint density at radius 3 is 2.43 bits per heavy atom. The summed E-state index contributed by atoms with van der Waals surface area (Å²) in [7, 11) is 3.38. The van der Waals surface area contributed by atoms with E-state index in [4.69, 9.17) is 9.47 Å². The zero-order valence-corrected chi connectivity index (χ0v) is 27.6. The van der Waals surface area contributed by atoms with Gasteiger partial charge in [0.15, 0.2) is 0 Å². The number of fused-ring (bicyclic) bond motifs is 10. The molecule has 1 N–H and O–H groups in total. The molecule has 0 saturated heterocycles. The zero-order valence-electron chi connectivity index (χ0n) is 27.6. The molecule has 0 radical (unpaired) electrons. The number of rotatable bonds is 2. The highest BCUT2D eigenvalue weighted by atomic mass is 16.5. The lowest BCUT2D eigenvalue weighted by Crippen LogP contribution is -2.65. The molecule has 7 rings (SSSR count). The Morgan fingerprint density at radius 1 is 0.952 bits per heavy atom. The van der Waals surface area contributed by atoms with E-state index in [-0.39, 0.29) is 33.0 Å². The summed E-state index contributed by atoms with van der Waals surface area (Å²) in [6.45, 7) is 17.8. The van der Waals surface area contributed by atoms with Crippen LogP contribution in [0.2, 0.25) is 0 Å². The lowest BCUT2D eigenvalue weighted by atomic mass is 9.33. The van der Waals surface area contributed by atoms with Crippen LogP contribution >= 0.6 is 0 Å². The van der Waals surface area contributed by atoms with Crippen LogP contribution in [0.15, 0.2) is 29.8 Å². The van der Waals surface area contributed by atoms with E-state index in [2.05, 4.69) is 77.7 Å². The first-order chi connectivity index (χ1) is 19.8. The molecular formula is C38H53NO3. The molecule has 1 aromatic heterocycles. The molecule has 9 atom stereocenters. The standard InChI is InChI=1S/C38H53NO3/c1-22-14-17-38(33(40)42-9)19-18-36(6)27(31(38)23(22)2)11-13-30-35(5)21-26-25-20-24(41-8)10-12-28(25)39-32(26)34(3,4)29(35)15-16-37(30,36)7/h10-12,20,22-23,29-31,39H,13-19,21H2,1-9H3/t22-,23+,29+,30-,31+,35+,36-,37-,38+/m1/s1. The van der Waals surface area contributed by atoms with Crippen LogP contribution in [0.5, 0.6) is 5.75 Å². The lowest BCUT2D eigenvalue weighted by Gasteiger charge is -2.70. The average Bonchev–Trinajstić information content (AvgIpc) is 3.32. The van der Waals surface area contributed by atoms with Crippen molar-refractivity contribution in [2.24, 2.45) is 51.2 Å². The number of nitrogens with one attached hydrogen (secondary N) is 1. The minimum Gasteiger partial charge on any atom is -0.497 e. The first kappa shape index (κ1) is 28.5. The summed E-state index contributed by atoms with van der Waals surface area (Å²) in [4.78, 5) is 17.5. The molecule has 5 aliphatic carbocycles. The number of methoxy groups -OCH3 is 2. The molecule has 0 amide bonds. The highest BCUT2D eigenvalue weighted by molar-refractivity contribution is 5.87. The third-order valence-electron chi connectivity index (χ3n) is 15.0. The van der Waals surface area contributed by atoms with Crippen molar-refractivity contribution in [1.29, 1.82) is 0 Å². The van der Waals surface area contributed by atoms with Gasteiger partial charge in [-0.15, -0.1) is 0 Å². The number of H-pyrrole nitrogens is 1. The summed E-state index contributed by atoms with van der Waals surface area (Å²) in [5.74, 6) is 3.63. The van der Waals surface area contributed by atoms with Gasteiger partial charge in [-0.2, -0.15) is 0 Å². The Morgan fingerprint density at radius 2 is 1.71 bits per heavy atom. The first-order valence-electron chi connectivity index (χ1n) is 16.8. The molecule has 1 heterocycles. The average molecular weight is 572 g/mol. The molecule has 228 valence electrons. The fraction of sp³-hybridized carbons (Fsp3) is 0.711. The van der Waals surface area contributed by atoms with Gasteiger partial charge in [-0.3, -0.25) is 4.79 Å². The lowest BCUT2D eigenvalue weighted by molar-refractivity contribution is -0.181. The second kappa shape index (κ2) is 8.91. The number of hydrogen-bond acceptors (Lipinski definition) is 3. The van der Waals surface area contributed by atoms with Crippen molar-refractivity contribution in [1.82, 2.24) is 4.98 Å². The van der Waals surface area contributed by atoms with E-state index in [1.165, 1.54) is 35.0 Å². The van der Waals surface area contributed by atoms with Crippen molar-refractivity contribution >= 4 is 16.9 Å². The predicted octanol–water partition coefficient (Wildman–Crippen LogP) is 9.02. The number of carbonyl (C=O) groups excluding carboxylic acids is 1. The predicted molar refractivity (Wildman–Crippen MR) is 170 cm³/mol. The third-order valence-corrected chi connectivity index (χ3v) is 15.0. The molecule has 4 heteroatoms. The molecule has 5 aliphatic rings. The van der Waals surface area contributed by atoms with Crippen LogP contribution in [0.25, 0.3) is 10.9 Å². The number of carbonyl (C=O) groups is 1. The second-order valence-corrected chi connectivity index (χ2v) is 16.6. The van der Waals surface area contributed by atoms with Crippen LogP contribution in [-0.4, -0.2) is 25.2 Å². The van der Waals surface area contributed by atoms with E-state index < -0.39 is 0 Å². The van der Waals surface area contributed by atoms with Gasteiger partial charge in [-0.25, -0.2) is 0 Å². The maximum atomic E-state index is 13.6. The van der Waals surface area contributed by atoms with Gasteiger partial charge in [0.05, 0.1) is 19.6 Å². The van der Waals surface area contributed by atoms with Gasteiger partial charge in [-0.1, -0.05) is 60.1 Å². The van der Waals surface area contributed by atoms with Crippen molar-refractivity contribution < 1.29 is 14.3 Å². The van der Waals surface area contributed by atoms with Gasteiger partial charge in [0.1, 0.15) is 5.75 Å².